The van der Waals surface area contributed by atoms with Crippen LogP contribution in [0.5, 0.6) is 0 Å². The molecule has 11 atom stereocenters. The minimum Gasteiger partial charge on any atom is -0.388 e. The molecule has 9 nitrogen and oxygen atoms in total. The van der Waals surface area contributed by atoms with E-state index in [1.807, 2.05) is 0 Å². The zero-order valence-corrected chi connectivity index (χ0v) is 22.2. The fourth-order valence-electron chi connectivity index (χ4n) is 5.43. The number of hydrogen-bond acceptors (Lipinski definition) is 9. The fraction of sp³-hybridized carbons (Fsp3) is 0.957. The lowest BCUT2D eigenvalue weighted by Crippen LogP contribution is -2.65. The van der Waals surface area contributed by atoms with E-state index in [1.54, 1.807) is 13.2 Å². The van der Waals surface area contributed by atoms with Crippen LogP contribution >= 0.6 is 23.4 Å². The molecule has 34 heavy (non-hydrogen) atoms. The van der Waals surface area contributed by atoms with E-state index in [4.69, 9.17) is 21.1 Å². The van der Waals surface area contributed by atoms with Crippen molar-refractivity contribution in [2.75, 3.05) is 40.0 Å². The van der Waals surface area contributed by atoms with Crippen LogP contribution in [0.2, 0.25) is 0 Å². The highest BCUT2D eigenvalue weighted by Crippen LogP contribution is 2.34. The summed E-state index contributed by atoms with van der Waals surface area (Å²) in [7, 11) is 4.18. The van der Waals surface area contributed by atoms with Gasteiger partial charge in [-0.05, 0) is 71.3 Å². The van der Waals surface area contributed by atoms with Gasteiger partial charge in [0.05, 0.1) is 17.5 Å². The van der Waals surface area contributed by atoms with Crippen molar-refractivity contribution in [3.63, 3.8) is 0 Å². The predicted octanol–water partition coefficient (Wildman–Crippen LogP) is -0.00590. The average Bonchev–Trinajstić information content (AvgIpc) is 3.07. The van der Waals surface area contributed by atoms with Crippen molar-refractivity contribution in [2.45, 2.75) is 86.0 Å². The van der Waals surface area contributed by atoms with E-state index < -0.39 is 47.3 Å². The topological polar surface area (TPSA) is 124 Å². The maximum atomic E-state index is 13.3. The van der Waals surface area contributed by atoms with Gasteiger partial charge in [0.2, 0.25) is 5.91 Å². The Kier molecular flexibility index (Phi) is 10.8. The summed E-state index contributed by atoms with van der Waals surface area (Å²) in [6.45, 7) is 4.14. The molecule has 1 amide bonds. The van der Waals surface area contributed by atoms with Gasteiger partial charge in [0.15, 0.2) is 0 Å². The van der Waals surface area contributed by atoms with Crippen LogP contribution in [-0.4, -0.2) is 120 Å². The van der Waals surface area contributed by atoms with Crippen LogP contribution in [0.3, 0.4) is 0 Å². The first-order valence-electron chi connectivity index (χ1n) is 12.3. The standard InChI is InChI=1S/C23H42ClN3O6S/c1-12(24)15(21-18(29)17(28)19(30)23(33-21)34-4)26-22(31)16-20-14(11-25-16)10-13(7-9-32-20)6-5-8-27(2)3/h12-21,23,25,28-30H,5-11H2,1-4H3,(H,26,31)/t12-,13+,14-,15+,16-,17?,18-,19+,20+,21+,23?/m0/s1. The summed E-state index contributed by atoms with van der Waals surface area (Å²) in [5.41, 5.74) is -0.734. The number of nitrogens with zero attached hydrogens (tertiary/aromatic N) is 1. The van der Waals surface area contributed by atoms with E-state index in [0.717, 1.165) is 38.8 Å². The van der Waals surface area contributed by atoms with Gasteiger partial charge in [-0.25, -0.2) is 0 Å². The quantitative estimate of drug-likeness (QED) is 0.265. The van der Waals surface area contributed by atoms with Crippen LogP contribution < -0.4 is 10.6 Å². The molecule has 3 fully saturated rings. The van der Waals surface area contributed by atoms with Crippen molar-refractivity contribution < 1.29 is 29.6 Å². The van der Waals surface area contributed by atoms with Gasteiger partial charge in [0.1, 0.15) is 35.9 Å². The number of alkyl halides is 1. The number of rotatable bonds is 9. The number of fused-ring (bicyclic) bond motifs is 1. The molecule has 0 radical (unpaired) electrons. The van der Waals surface area contributed by atoms with Gasteiger partial charge in [-0.2, -0.15) is 0 Å². The molecular formula is C23H42ClN3O6S. The van der Waals surface area contributed by atoms with Crippen molar-refractivity contribution in [2.24, 2.45) is 11.8 Å². The Labute approximate surface area is 212 Å². The van der Waals surface area contributed by atoms with Gasteiger partial charge in [0, 0.05) is 13.2 Å². The summed E-state index contributed by atoms with van der Waals surface area (Å²) in [6, 6.07) is -1.28. The van der Waals surface area contributed by atoms with Gasteiger partial charge < -0.3 is 40.3 Å². The van der Waals surface area contributed by atoms with Crippen LogP contribution in [0.1, 0.15) is 32.6 Å². The van der Waals surface area contributed by atoms with E-state index in [2.05, 4.69) is 29.6 Å². The molecule has 3 aliphatic heterocycles. The molecular weight excluding hydrogens is 482 g/mol. The van der Waals surface area contributed by atoms with Crippen molar-refractivity contribution in [3.8, 4) is 0 Å². The number of aliphatic hydroxyl groups excluding tert-OH is 3. The van der Waals surface area contributed by atoms with Crippen LogP contribution in [0, 0.1) is 11.8 Å². The molecule has 0 aromatic rings. The Morgan fingerprint density at radius 1 is 1.26 bits per heavy atom. The zero-order valence-electron chi connectivity index (χ0n) is 20.6. The maximum absolute atomic E-state index is 13.3. The SMILES string of the molecule is CSC1O[C@H]([C@H](NC(=O)[C@H]2NC[C@@H]3C[C@H](CCCN(C)C)CCO[C@H]32)[C@H](C)Cl)[C@@H](O)C(O)[C@H]1O. The number of carbonyl (C=O) groups excluding carboxylic acids is 1. The van der Waals surface area contributed by atoms with Crippen molar-refractivity contribution in [3.05, 3.63) is 0 Å². The summed E-state index contributed by atoms with van der Waals surface area (Å²) in [4.78, 5) is 15.5. The zero-order chi connectivity index (χ0) is 25.0. The molecule has 0 saturated carbocycles. The number of ether oxygens (including phenoxy) is 2. The lowest BCUT2D eigenvalue weighted by molar-refractivity contribution is -0.205. The second-order valence-corrected chi connectivity index (χ2v) is 11.8. The minimum atomic E-state index is -1.39. The second-order valence-electron chi connectivity index (χ2n) is 10.2. The van der Waals surface area contributed by atoms with Gasteiger partial charge in [0.25, 0.3) is 0 Å². The molecule has 5 N–H and O–H groups in total. The van der Waals surface area contributed by atoms with Crippen LogP contribution in [0.25, 0.3) is 0 Å². The summed E-state index contributed by atoms with van der Waals surface area (Å²) in [5.74, 6) is 0.605. The van der Waals surface area contributed by atoms with Gasteiger partial charge in [-0.15, -0.1) is 23.4 Å². The Hall–Kier alpha value is -0.170. The first-order chi connectivity index (χ1) is 16.1. The number of amides is 1. The summed E-state index contributed by atoms with van der Waals surface area (Å²) >= 11 is 7.64. The lowest BCUT2D eigenvalue weighted by Gasteiger charge is -2.44. The first-order valence-corrected chi connectivity index (χ1v) is 14.0. The van der Waals surface area contributed by atoms with E-state index in [1.165, 1.54) is 11.8 Å². The summed E-state index contributed by atoms with van der Waals surface area (Å²) in [6.07, 6.45) is 0.925. The lowest BCUT2D eigenvalue weighted by atomic mass is 9.87. The molecule has 0 aromatic heterocycles. The van der Waals surface area contributed by atoms with Crippen LogP contribution in [0.4, 0.5) is 0 Å². The van der Waals surface area contributed by atoms with Gasteiger partial charge in [-0.3, -0.25) is 4.79 Å². The maximum Gasteiger partial charge on any atom is 0.240 e. The Morgan fingerprint density at radius 2 is 2.00 bits per heavy atom. The minimum absolute atomic E-state index is 0.214. The molecule has 3 heterocycles. The molecule has 11 heteroatoms. The largest absolute Gasteiger partial charge is 0.388 e. The number of carbonyl (C=O) groups is 1. The normalized spacial score (nSPS) is 40.4. The van der Waals surface area contributed by atoms with Crippen LogP contribution in [0.15, 0.2) is 0 Å². The third kappa shape index (κ3) is 6.77. The first kappa shape index (κ1) is 28.4. The molecule has 3 saturated heterocycles. The molecule has 0 bridgehead atoms. The fourth-order valence-corrected chi connectivity index (χ4v) is 6.31. The molecule has 0 aliphatic carbocycles. The molecule has 0 aromatic carbocycles. The third-order valence-electron chi connectivity index (χ3n) is 7.36. The average molecular weight is 524 g/mol. The molecule has 2 unspecified atom stereocenters. The van der Waals surface area contributed by atoms with E-state index in [0.29, 0.717) is 12.5 Å². The van der Waals surface area contributed by atoms with Crippen molar-refractivity contribution in [1.29, 1.82) is 0 Å². The second kappa shape index (κ2) is 12.9. The Balaban J connectivity index is 1.62. The highest BCUT2D eigenvalue weighted by molar-refractivity contribution is 7.99. The Morgan fingerprint density at radius 3 is 2.65 bits per heavy atom. The van der Waals surface area contributed by atoms with E-state index in [9.17, 15) is 20.1 Å². The Bertz CT molecular complexity index is 660. The highest BCUT2D eigenvalue weighted by Gasteiger charge is 2.49. The number of hydrogen-bond donors (Lipinski definition) is 5. The van der Waals surface area contributed by atoms with Gasteiger partial charge >= 0.3 is 0 Å². The monoisotopic (exact) mass is 523 g/mol. The van der Waals surface area contributed by atoms with Gasteiger partial charge in [-0.1, -0.05) is 0 Å². The van der Waals surface area contributed by atoms with Crippen LogP contribution in [-0.2, 0) is 14.3 Å². The summed E-state index contributed by atoms with van der Waals surface area (Å²) < 4.78 is 12.0. The van der Waals surface area contributed by atoms with Crippen molar-refractivity contribution >= 4 is 29.3 Å². The molecule has 3 rings (SSSR count). The smallest absolute Gasteiger partial charge is 0.240 e. The number of thioether (sulfide) groups is 1. The highest BCUT2D eigenvalue weighted by atomic mass is 35.5. The molecule has 3 aliphatic rings. The summed E-state index contributed by atoms with van der Waals surface area (Å²) in [5, 5.41) is 36.7. The third-order valence-corrected chi connectivity index (χ3v) is 8.49. The number of aliphatic hydroxyl groups is 3. The molecule has 0 spiro atoms. The number of nitrogens with one attached hydrogen (secondary N) is 2. The molecule has 198 valence electrons. The van der Waals surface area contributed by atoms with E-state index >= 15 is 0 Å². The predicted molar refractivity (Wildman–Crippen MR) is 133 cm³/mol. The van der Waals surface area contributed by atoms with Crippen molar-refractivity contribution in [1.82, 2.24) is 15.5 Å². The number of halogens is 1. The van der Waals surface area contributed by atoms with E-state index in [-0.39, 0.29) is 17.9 Å².